The van der Waals surface area contributed by atoms with Crippen LogP contribution in [0.5, 0.6) is 5.75 Å². The van der Waals surface area contributed by atoms with E-state index in [0.29, 0.717) is 43.3 Å². The average Bonchev–Trinajstić information content (AvgIpc) is 3.41. The van der Waals surface area contributed by atoms with Crippen molar-refractivity contribution in [1.82, 2.24) is 25.6 Å². The summed E-state index contributed by atoms with van der Waals surface area (Å²) in [4.78, 5) is 34.7. The number of rotatable bonds is 6. The standard InChI is InChI=1S/C31H30F6N6O3/c32-30(33,34)21-8-9-26(38-15-21)41-10-12-42(13-11-41)29(45)19-5-3-6-22(14-19)46-18-25-23-7-2-1-4-20(23)17-43(25)24-16-39-40-28(44)27(24)31(35,36)37/h1-9,14-15,24-25,27,39H,10-13,16-18H2,(H,40,44)/t24?,25-,27?/m1/s1. The minimum atomic E-state index is -4.74. The normalized spacial score (nSPS) is 22.4. The predicted molar refractivity (Wildman–Crippen MR) is 153 cm³/mol. The van der Waals surface area contributed by atoms with E-state index in [4.69, 9.17) is 4.74 Å². The molecule has 0 aliphatic carbocycles. The highest BCUT2D eigenvalue weighted by Crippen LogP contribution is 2.41. The Morgan fingerprint density at radius 3 is 2.41 bits per heavy atom. The number of halogens is 6. The third kappa shape index (κ3) is 6.47. The van der Waals surface area contributed by atoms with Gasteiger partial charge < -0.3 is 14.5 Å². The number of aromatic nitrogens is 1. The predicted octanol–water partition coefficient (Wildman–Crippen LogP) is 4.18. The number of carbonyl (C=O) groups is 2. The summed E-state index contributed by atoms with van der Waals surface area (Å²) < 4.78 is 86.8. The van der Waals surface area contributed by atoms with Gasteiger partial charge in [0, 0.05) is 57.1 Å². The number of fused-ring (bicyclic) bond motifs is 1. The van der Waals surface area contributed by atoms with Crippen LogP contribution in [0.2, 0.25) is 0 Å². The van der Waals surface area contributed by atoms with E-state index in [-0.39, 0.29) is 25.6 Å². The van der Waals surface area contributed by atoms with Gasteiger partial charge in [-0.25, -0.2) is 10.4 Å². The fraction of sp³-hybridized carbons (Fsp3) is 0.387. The van der Waals surface area contributed by atoms with E-state index in [9.17, 15) is 35.9 Å². The number of amides is 2. The van der Waals surface area contributed by atoms with Crippen molar-refractivity contribution in [2.45, 2.75) is 31.0 Å². The van der Waals surface area contributed by atoms with Crippen LogP contribution in [0.3, 0.4) is 0 Å². The Bertz CT molecular complexity index is 1580. The lowest BCUT2D eigenvalue weighted by Crippen LogP contribution is -2.64. The number of ether oxygens (including phenoxy) is 1. The zero-order valence-corrected chi connectivity index (χ0v) is 24.3. The van der Waals surface area contributed by atoms with Crippen LogP contribution < -0.4 is 20.5 Å². The second-order valence-corrected chi connectivity index (χ2v) is 11.4. The number of anilines is 1. The van der Waals surface area contributed by atoms with Gasteiger partial charge in [-0.05, 0) is 41.5 Å². The molecule has 244 valence electrons. The number of hydrazine groups is 1. The maximum absolute atomic E-state index is 14.0. The molecule has 46 heavy (non-hydrogen) atoms. The highest BCUT2D eigenvalue weighted by atomic mass is 19.4. The lowest BCUT2D eigenvalue weighted by molar-refractivity contribution is -0.202. The topological polar surface area (TPSA) is 90.0 Å². The molecule has 0 radical (unpaired) electrons. The third-order valence-corrected chi connectivity index (χ3v) is 8.59. The van der Waals surface area contributed by atoms with Crippen LogP contribution in [0, 0.1) is 5.92 Å². The van der Waals surface area contributed by atoms with E-state index in [0.717, 1.165) is 23.4 Å². The van der Waals surface area contributed by atoms with Crippen molar-refractivity contribution < 1.29 is 40.7 Å². The van der Waals surface area contributed by atoms with Gasteiger partial charge in [0.1, 0.15) is 18.2 Å². The smallest absolute Gasteiger partial charge is 0.417 e. The Labute approximate surface area is 260 Å². The summed E-state index contributed by atoms with van der Waals surface area (Å²) in [6, 6.07) is 14.4. The molecule has 6 rings (SSSR count). The summed E-state index contributed by atoms with van der Waals surface area (Å²) in [5, 5.41) is 0. The fourth-order valence-electron chi connectivity index (χ4n) is 6.27. The summed E-state index contributed by atoms with van der Waals surface area (Å²) >= 11 is 0. The van der Waals surface area contributed by atoms with Crippen LogP contribution in [0.4, 0.5) is 32.2 Å². The van der Waals surface area contributed by atoms with Gasteiger partial charge in [-0.1, -0.05) is 30.3 Å². The number of hydrogen-bond acceptors (Lipinski definition) is 7. The minimum Gasteiger partial charge on any atom is -0.492 e. The van der Waals surface area contributed by atoms with E-state index in [1.165, 1.54) is 6.07 Å². The van der Waals surface area contributed by atoms with Gasteiger partial charge in [0.25, 0.3) is 5.91 Å². The summed E-state index contributed by atoms with van der Waals surface area (Å²) in [6.45, 7) is 1.49. The molecule has 2 saturated heterocycles. The maximum Gasteiger partial charge on any atom is 0.417 e. The molecule has 2 amide bonds. The molecule has 0 bridgehead atoms. The molecule has 2 fully saturated rings. The summed E-state index contributed by atoms with van der Waals surface area (Å²) in [6.07, 6.45) is -8.43. The second-order valence-electron chi connectivity index (χ2n) is 11.4. The zero-order chi connectivity index (χ0) is 32.6. The Kier molecular flexibility index (Phi) is 8.55. The number of benzene rings is 2. The van der Waals surface area contributed by atoms with Gasteiger partial charge in [-0.3, -0.25) is 19.9 Å². The number of alkyl halides is 6. The van der Waals surface area contributed by atoms with Crippen molar-refractivity contribution in [2.75, 3.05) is 44.2 Å². The van der Waals surface area contributed by atoms with Crippen molar-refractivity contribution in [2.24, 2.45) is 5.92 Å². The first-order chi connectivity index (χ1) is 21.9. The quantitative estimate of drug-likeness (QED) is 0.388. The molecule has 3 aromatic rings. The number of carbonyl (C=O) groups excluding carboxylic acids is 2. The molecule has 1 aromatic heterocycles. The highest BCUT2D eigenvalue weighted by molar-refractivity contribution is 5.94. The van der Waals surface area contributed by atoms with Gasteiger partial charge in [-0.15, -0.1) is 0 Å². The first-order valence-electron chi connectivity index (χ1n) is 14.6. The molecular formula is C31H30F6N6O3. The van der Waals surface area contributed by atoms with Gasteiger partial charge in [0.2, 0.25) is 5.91 Å². The maximum atomic E-state index is 14.0. The molecule has 2 unspecified atom stereocenters. The molecule has 3 atom stereocenters. The molecule has 2 N–H and O–H groups in total. The monoisotopic (exact) mass is 648 g/mol. The second kappa shape index (κ2) is 12.4. The molecule has 0 saturated carbocycles. The van der Waals surface area contributed by atoms with Crippen LogP contribution in [0.1, 0.15) is 33.1 Å². The van der Waals surface area contributed by atoms with Crippen LogP contribution in [-0.2, 0) is 17.5 Å². The molecule has 3 aliphatic rings. The van der Waals surface area contributed by atoms with Crippen LogP contribution in [0.25, 0.3) is 0 Å². The van der Waals surface area contributed by atoms with Crippen molar-refractivity contribution in [1.29, 1.82) is 0 Å². The number of nitrogens with one attached hydrogen (secondary N) is 2. The molecule has 3 aliphatic heterocycles. The largest absolute Gasteiger partial charge is 0.492 e. The number of pyridine rings is 1. The summed E-state index contributed by atoms with van der Waals surface area (Å²) in [7, 11) is 0. The van der Waals surface area contributed by atoms with Crippen molar-refractivity contribution in [3.8, 4) is 5.75 Å². The Balaban J connectivity index is 1.12. The number of nitrogens with zero attached hydrogens (tertiary/aromatic N) is 4. The first-order valence-corrected chi connectivity index (χ1v) is 14.6. The molecule has 15 heteroatoms. The van der Waals surface area contributed by atoms with E-state index in [1.807, 2.05) is 23.1 Å². The number of piperazine rings is 1. The SMILES string of the molecule is O=C1NNCC(N2Cc3ccccc3[C@H]2COc2cccc(C(=O)N3CCN(c4ccc(C(F)(F)F)cn4)CC3)c2)C1C(F)(F)F. The lowest BCUT2D eigenvalue weighted by Gasteiger charge is -2.40. The van der Waals surface area contributed by atoms with E-state index >= 15 is 0 Å². The van der Waals surface area contributed by atoms with Crippen LogP contribution in [-0.4, -0.2) is 78.1 Å². The average molecular weight is 649 g/mol. The Morgan fingerprint density at radius 1 is 0.957 bits per heavy atom. The van der Waals surface area contributed by atoms with E-state index in [1.54, 1.807) is 40.1 Å². The summed E-state index contributed by atoms with van der Waals surface area (Å²) in [5.41, 5.74) is 5.86. The van der Waals surface area contributed by atoms with E-state index in [2.05, 4.69) is 15.8 Å². The summed E-state index contributed by atoms with van der Waals surface area (Å²) in [5.74, 6) is -2.87. The highest BCUT2D eigenvalue weighted by Gasteiger charge is 2.55. The number of hydrogen-bond donors (Lipinski definition) is 2. The third-order valence-electron chi connectivity index (χ3n) is 8.59. The van der Waals surface area contributed by atoms with Crippen molar-refractivity contribution in [3.05, 3.63) is 89.1 Å². The molecule has 0 spiro atoms. The minimum absolute atomic E-state index is 0.0177. The van der Waals surface area contributed by atoms with Crippen LogP contribution in [0.15, 0.2) is 66.9 Å². The van der Waals surface area contributed by atoms with Crippen molar-refractivity contribution in [3.63, 3.8) is 0 Å². The van der Waals surface area contributed by atoms with Crippen molar-refractivity contribution >= 4 is 17.6 Å². The lowest BCUT2D eigenvalue weighted by atomic mass is 9.94. The zero-order valence-electron chi connectivity index (χ0n) is 24.3. The van der Waals surface area contributed by atoms with E-state index < -0.39 is 41.8 Å². The van der Waals surface area contributed by atoms with Gasteiger partial charge in [-0.2, -0.15) is 26.3 Å². The first kappa shape index (κ1) is 31.6. The Hall–Kier alpha value is -4.37. The fourth-order valence-corrected chi connectivity index (χ4v) is 6.27. The molecule has 9 nitrogen and oxygen atoms in total. The van der Waals surface area contributed by atoms with Crippen LogP contribution >= 0.6 is 0 Å². The van der Waals surface area contributed by atoms with Gasteiger partial charge >= 0.3 is 12.4 Å². The van der Waals surface area contributed by atoms with Gasteiger partial charge in [0.15, 0.2) is 5.92 Å². The molecule has 2 aromatic carbocycles. The molecule has 4 heterocycles. The molecular weight excluding hydrogens is 618 g/mol. The Morgan fingerprint density at radius 2 is 1.72 bits per heavy atom. The van der Waals surface area contributed by atoms with Gasteiger partial charge in [0.05, 0.1) is 11.6 Å².